The number of amides is 1. The van der Waals surface area contributed by atoms with Crippen LogP contribution in [0, 0.1) is 0 Å². The Morgan fingerprint density at radius 3 is 2.61 bits per heavy atom. The van der Waals surface area contributed by atoms with E-state index in [-0.39, 0.29) is 29.5 Å². The fraction of sp³-hybridized carbons (Fsp3) is 0.733. The average Bonchev–Trinajstić information content (AvgIpc) is 3.18. The number of nitrogens with zero attached hydrogens (tertiary/aromatic N) is 2. The lowest BCUT2D eigenvalue weighted by molar-refractivity contribution is -0.123. The standard InChI is InChI=1S/C15H22N2O3S3/c1-2-16(12-7-8-23(19,20)10-12)9-13-14(18)17(15(21)22-13)11-5-3-4-6-11/h9,11-12H,2-8,10H2,1H3. The molecule has 1 unspecified atom stereocenters. The van der Waals surface area contributed by atoms with Gasteiger partial charge >= 0.3 is 0 Å². The SMILES string of the molecule is CCN(C=C1SC(=S)N(C2CCCC2)C1=O)C1CCS(=O)(=O)C1. The van der Waals surface area contributed by atoms with Crippen molar-refractivity contribution in [3.63, 3.8) is 0 Å². The molecular weight excluding hydrogens is 352 g/mol. The first-order valence-electron chi connectivity index (χ1n) is 8.14. The van der Waals surface area contributed by atoms with Gasteiger partial charge in [0.15, 0.2) is 9.84 Å². The van der Waals surface area contributed by atoms with E-state index in [1.54, 1.807) is 4.90 Å². The molecule has 0 aromatic rings. The Hall–Kier alpha value is -0.600. The fourth-order valence-corrected chi connectivity index (χ4v) is 6.73. The molecule has 128 valence electrons. The van der Waals surface area contributed by atoms with Gasteiger partial charge in [0.2, 0.25) is 0 Å². The van der Waals surface area contributed by atoms with Gasteiger partial charge in [0, 0.05) is 24.8 Å². The topological polar surface area (TPSA) is 57.7 Å². The molecular formula is C15H22N2O3S3. The molecule has 2 aliphatic heterocycles. The van der Waals surface area contributed by atoms with Gasteiger partial charge < -0.3 is 4.90 Å². The molecule has 0 radical (unpaired) electrons. The molecule has 0 bridgehead atoms. The highest BCUT2D eigenvalue weighted by Gasteiger charge is 2.39. The molecule has 3 rings (SSSR count). The summed E-state index contributed by atoms with van der Waals surface area (Å²) in [6, 6.07) is 0.218. The Morgan fingerprint density at radius 2 is 2.04 bits per heavy atom. The molecule has 0 spiro atoms. The molecule has 5 nitrogen and oxygen atoms in total. The highest BCUT2D eigenvalue weighted by Crippen LogP contribution is 2.37. The lowest BCUT2D eigenvalue weighted by Crippen LogP contribution is -2.37. The summed E-state index contributed by atoms with van der Waals surface area (Å²) >= 11 is 6.75. The maximum atomic E-state index is 12.7. The molecule has 2 heterocycles. The lowest BCUT2D eigenvalue weighted by atomic mass is 10.2. The van der Waals surface area contributed by atoms with Gasteiger partial charge in [0.25, 0.3) is 5.91 Å². The number of rotatable bonds is 4. The van der Waals surface area contributed by atoms with Crippen molar-refractivity contribution in [1.82, 2.24) is 9.80 Å². The van der Waals surface area contributed by atoms with E-state index in [1.165, 1.54) is 11.8 Å². The van der Waals surface area contributed by atoms with Crippen molar-refractivity contribution in [3.05, 3.63) is 11.1 Å². The van der Waals surface area contributed by atoms with Crippen LogP contribution >= 0.6 is 24.0 Å². The van der Waals surface area contributed by atoms with E-state index in [1.807, 2.05) is 18.0 Å². The van der Waals surface area contributed by atoms with Crippen LogP contribution in [0.5, 0.6) is 0 Å². The van der Waals surface area contributed by atoms with Crippen LogP contribution in [-0.4, -0.2) is 58.6 Å². The number of thioether (sulfide) groups is 1. The van der Waals surface area contributed by atoms with Crippen molar-refractivity contribution < 1.29 is 13.2 Å². The molecule has 8 heteroatoms. The maximum Gasteiger partial charge on any atom is 0.267 e. The van der Waals surface area contributed by atoms with Crippen molar-refractivity contribution in [2.45, 2.75) is 51.1 Å². The number of carbonyl (C=O) groups excluding carboxylic acids is 1. The lowest BCUT2D eigenvalue weighted by Gasteiger charge is -2.25. The Labute approximate surface area is 147 Å². The predicted octanol–water partition coefficient (Wildman–Crippen LogP) is 2.14. The number of sulfone groups is 1. The van der Waals surface area contributed by atoms with Gasteiger partial charge in [-0.2, -0.15) is 0 Å². The van der Waals surface area contributed by atoms with Crippen LogP contribution in [0.3, 0.4) is 0 Å². The second-order valence-corrected chi connectivity index (χ2v) is 10.3. The first kappa shape index (κ1) is 17.2. The van der Waals surface area contributed by atoms with Crippen molar-refractivity contribution in [2.75, 3.05) is 18.1 Å². The molecule has 23 heavy (non-hydrogen) atoms. The molecule has 3 aliphatic rings. The van der Waals surface area contributed by atoms with Crippen LogP contribution in [0.25, 0.3) is 0 Å². The fourth-order valence-electron chi connectivity index (χ4n) is 3.59. The van der Waals surface area contributed by atoms with Crippen LogP contribution in [0.1, 0.15) is 39.0 Å². The predicted molar refractivity (Wildman–Crippen MR) is 96.8 cm³/mol. The minimum atomic E-state index is -2.93. The van der Waals surface area contributed by atoms with Gasteiger partial charge in [-0.3, -0.25) is 9.69 Å². The van der Waals surface area contributed by atoms with Gasteiger partial charge in [-0.25, -0.2) is 8.42 Å². The number of hydrogen-bond acceptors (Lipinski definition) is 6. The zero-order chi connectivity index (χ0) is 16.6. The third-order valence-electron chi connectivity index (χ3n) is 4.84. The summed E-state index contributed by atoms with van der Waals surface area (Å²) in [5.41, 5.74) is 0. The summed E-state index contributed by atoms with van der Waals surface area (Å²) in [5, 5.41) is 0. The van der Waals surface area contributed by atoms with E-state index in [2.05, 4.69) is 0 Å². The van der Waals surface area contributed by atoms with Crippen molar-refractivity contribution in [3.8, 4) is 0 Å². The zero-order valence-electron chi connectivity index (χ0n) is 13.2. The first-order valence-corrected chi connectivity index (χ1v) is 11.2. The summed E-state index contributed by atoms with van der Waals surface area (Å²) in [5.74, 6) is 0.414. The van der Waals surface area contributed by atoms with E-state index in [4.69, 9.17) is 12.2 Å². The number of carbonyl (C=O) groups is 1. The van der Waals surface area contributed by atoms with E-state index in [0.29, 0.717) is 22.2 Å². The molecule has 0 aromatic carbocycles. The molecule has 1 amide bonds. The van der Waals surface area contributed by atoms with E-state index >= 15 is 0 Å². The second kappa shape index (κ2) is 6.72. The van der Waals surface area contributed by atoms with Gasteiger partial charge in [-0.05, 0) is 26.2 Å². The minimum absolute atomic E-state index is 0.00814. The molecule has 2 saturated heterocycles. The first-order chi connectivity index (χ1) is 10.9. The normalized spacial score (nSPS) is 29.9. The van der Waals surface area contributed by atoms with Crippen LogP contribution in [-0.2, 0) is 14.6 Å². The quantitative estimate of drug-likeness (QED) is 0.555. The zero-order valence-corrected chi connectivity index (χ0v) is 15.7. The smallest absolute Gasteiger partial charge is 0.267 e. The summed E-state index contributed by atoms with van der Waals surface area (Å²) in [6.07, 6.45) is 6.83. The van der Waals surface area contributed by atoms with Gasteiger partial charge in [0.05, 0.1) is 16.4 Å². The van der Waals surface area contributed by atoms with Crippen LogP contribution in [0.4, 0.5) is 0 Å². The molecule has 1 atom stereocenters. The van der Waals surface area contributed by atoms with Crippen molar-refractivity contribution >= 4 is 44.0 Å². The van der Waals surface area contributed by atoms with Crippen LogP contribution in [0.15, 0.2) is 11.1 Å². The van der Waals surface area contributed by atoms with E-state index in [0.717, 1.165) is 25.7 Å². The Morgan fingerprint density at radius 1 is 1.35 bits per heavy atom. The summed E-state index contributed by atoms with van der Waals surface area (Å²) in [7, 11) is -2.93. The van der Waals surface area contributed by atoms with Gasteiger partial charge in [-0.1, -0.05) is 36.8 Å². The van der Waals surface area contributed by atoms with E-state index in [9.17, 15) is 13.2 Å². The molecule has 0 aromatic heterocycles. The second-order valence-electron chi connectivity index (χ2n) is 6.36. The Balaban J connectivity index is 1.76. The largest absolute Gasteiger partial charge is 0.373 e. The maximum absolute atomic E-state index is 12.7. The highest BCUT2D eigenvalue weighted by molar-refractivity contribution is 8.26. The number of hydrogen-bond donors (Lipinski definition) is 0. The van der Waals surface area contributed by atoms with Gasteiger partial charge in [0.1, 0.15) is 4.32 Å². The molecule has 0 N–H and O–H groups in total. The van der Waals surface area contributed by atoms with Crippen molar-refractivity contribution in [2.24, 2.45) is 0 Å². The Bertz CT molecular complexity index is 638. The summed E-state index contributed by atoms with van der Waals surface area (Å²) in [4.78, 5) is 17.1. The van der Waals surface area contributed by atoms with Crippen LogP contribution in [0.2, 0.25) is 0 Å². The van der Waals surface area contributed by atoms with Crippen molar-refractivity contribution in [1.29, 1.82) is 0 Å². The third kappa shape index (κ3) is 3.58. The minimum Gasteiger partial charge on any atom is -0.373 e. The van der Waals surface area contributed by atoms with Crippen LogP contribution < -0.4 is 0 Å². The van der Waals surface area contributed by atoms with E-state index < -0.39 is 9.84 Å². The molecule has 1 saturated carbocycles. The summed E-state index contributed by atoms with van der Waals surface area (Å²) in [6.45, 7) is 2.67. The molecule has 3 fully saturated rings. The van der Waals surface area contributed by atoms with Gasteiger partial charge in [-0.15, -0.1) is 0 Å². The Kier molecular flexibility index (Phi) is 5.04. The average molecular weight is 375 g/mol. The molecule has 1 aliphatic carbocycles. The summed E-state index contributed by atoms with van der Waals surface area (Å²) < 4.78 is 24.0. The monoisotopic (exact) mass is 374 g/mol. The third-order valence-corrected chi connectivity index (χ3v) is 7.91. The highest BCUT2D eigenvalue weighted by atomic mass is 32.2. The number of thiocarbonyl (C=S) groups is 1.